The second kappa shape index (κ2) is 5.27. The number of fused-ring (bicyclic) bond motifs is 2. The van der Waals surface area contributed by atoms with Gasteiger partial charge in [0.05, 0.1) is 6.61 Å². The van der Waals surface area contributed by atoms with Crippen LogP contribution in [0.2, 0.25) is 0 Å². The summed E-state index contributed by atoms with van der Waals surface area (Å²) in [7, 11) is 0. The molecule has 0 amide bonds. The van der Waals surface area contributed by atoms with Gasteiger partial charge in [0.25, 0.3) is 0 Å². The molecule has 0 unspecified atom stereocenters. The van der Waals surface area contributed by atoms with Gasteiger partial charge in [0.15, 0.2) is 0 Å². The fourth-order valence-electron chi connectivity index (χ4n) is 3.76. The van der Waals surface area contributed by atoms with Gasteiger partial charge >= 0.3 is 0 Å². The Hall–Kier alpha value is -1.25. The van der Waals surface area contributed by atoms with Crippen LogP contribution in [-0.2, 0) is 0 Å². The fourth-order valence-corrected chi connectivity index (χ4v) is 3.76. The Morgan fingerprint density at radius 3 is 2.60 bits per heavy atom. The summed E-state index contributed by atoms with van der Waals surface area (Å²) < 4.78 is 11.9. The summed E-state index contributed by atoms with van der Waals surface area (Å²) in [4.78, 5) is 4.34. The van der Waals surface area contributed by atoms with Crippen molar-refractivity contribution in [2.24, 2.45) is 17.8 Å². The van der Waals surface area contributed by atoms with Crippen LogP contribution < -0.4 is 9.47 Å². The van der Waals surface area contributed by atoms with Gasteiger partial charge in [0, 0.05) is 12.3 Å². The van der Waals surface area contributed by atoms with Crippen LogP contribution >= 0.6 is 0 Å². The summed E-state index contributed by atoms with van der Waals surface area (Å²) in [6.07, 6.45) is 11.5. The molecule has 3 aliphatic carbocycles. The molecule has 0 aliphatic heterocycles. The predicted octanol–water partition coefficient (Wildman–Crippen LogP) is 3.83. The zero-order chi connectivity index (χ0) is 13.4. The number of aromatic nitrogens is 1. The molecule has 3 saturated carbocycles. The van der Waals surface area contributed by atoms with E-state index in [1.165, 1.54) is 44.9 Å². The third-order valence-corrected chi connectivity index (χ3v) is 5.02. The van der Waals surface area contributed by atoms with Gasteiger partial charge in [-0.05, 0) is 55.9 Å². The fraction of sp³-hybridized carbons (Fsp3) is 0.706. The molecule has 3 aliphatic rings. The van der Waals surface area contributed by atoms with E-state index in [1.54, 1.807) is 6.20 Å². The minimum Gasteiger partial charge on any atom is -0.493 e. The SMILES string of the molecule is c1cc(OCC2CC2)cc(O[C@@H]2C[C@@H]3CC[C@@H](C3)C2)n1. The van der Waals surface area contributed by atoms with Crippen molar-refractivity contribution in [1.29, 1.82) is 0 Å². The Kier molecular flexibility index (Phi) is 3.29. The highest BCUT2D eigenvalue weighted by atomic mass is 16.5. The van der Waals surface area contributed by atoms with Crippen molar-refractivity contribution in [1.82, 2.24) is 4.98 Å². The Morgan fingerprint density at radius 1 is 1.05 bits per heavy atom. The van der Waals surface area contributed by atoms with Crippen molar-refractivity contribution in [3.63, 3.8) is 0 Å². The summed E-state index contributed by atoms with van der Waals surface area (Å²) >= 11 is 0. The third kappa shape index (κ3) is 2.92. The van der Waals surface area contributed by atoms with E-state index < -0.39 is 0 Å². The molecule has 0 aromatic carbocycles. The van der Waals surface area contributed by atoms with Gasteiger partial charge in [0.2, 0.25) is 5.88 Å². The highest BCUT2D eigenvalue weighted by molar-refractivity contribution is 5.26. The topological polar surface area (TPSA) is 31.4 Å². The number of rotatable bonds is 5. The molecule has 108 valence electrons. The lowest BCUT2D eigenvalue weighted by molar-refractivity contribution is 0.113. The van der Waals surface area contributed by atoms with E-state index in [-0.39, 0.29) is 0 Å². The van der Waals surface area contributed by atoms with Crippen LogP contribution in [0.4, 0.5) is 0 Å². The first kappa shape index (κ1) is 12.5. The average Bonchev–Trinajstić information content (AvgIpc) is 3.22. The van der Waals surface area contributed by atoms with E-state index in [4.69, 9.17) is 9.47 Å². The van der Waals surface area contributed by atoms with Gasteiger partial charge in [0.1, 0.15) is 11.9 Å². The molecule has 1 aromatic rings. The van der Waals surface area contributed by atoms with Crippen molar-refractivity contribution in [3.05, 3.63) is 18.3 Å². The van der Waals surface area contributed by atoms with Gasteiger partial charge in [-0.1, -0.05) is 12.8 Å². The van der Waals surface area contributed by atoms with Gasteiger partial charge in [-0.3, -0.25) is 0 Å². The molecule has 1 heterocycles. The molecule has 0 radical (unpaired) electrons. The van der Waals surface area contributed by atoms with E-state index >= 15 is 0 Å². The quantitative estimate of drug-likeness (QED) is 0.817. The maximum atomic E-state index is 6.11. The molecule has 3 heteroatoms. The van der Waals surface area contributed by atoms with Crippen molar-refractivity contribution < 1.29 is 9.47 Å². The molecule has 3 nitrogen and oxygen atoms in total. The van der Waals surface area contributed by atoms with E-state index in [0.717, 1.165) is 36.0 Å². The number of hydrogen-bond donors (Lipinski definition) is 0. The maximum absolute atomic E-state index is 6.11. The lowest BCUT2D eigenvalue weighted by Crippen LogP contribution is -2.26. The molecule has 3 fully saturated rings. The highest BCUT2D eigenvalue weighted by Crippen LogP contribution is 2.43. The Morgan fingerprint density at radius 2 is 1.85 bits per heavy atom. The summed E-state index contributed by atoms with van der Waals surface area (Å²) in [6.45, 7) is 0.844. The van der Waals surface area contributed by atoms with Crippen molar-refractivity contribution >= 4 is 0 Å². The van der Waals surface area contributed by atoms with Gasteiger partial charge < -0.3 is 9.47 Å². The Labute approximate surface area is 120 Å². The van der Waals surface area contributed by atoms with E-state index in [1.807, 2.05) is 12.1 Å². The lowest BCUT2D eigenvalue weighted by Gasteiger charge is -2.27. The molecular weight excluding hydrogens is 250 g/mol. The van der Waals surface area contributed by atoms with Crippen molar-refractivity contribution in [2.45, 2.75) is 51.0 Å². The molecule has 2 bridgehead atoms. The standard InChI is InChI=1S/C17H23NO2/c1-2-12(1)11-19-15-5-6-18-17(10-15)20-16-8-13-3-4-14(7-13)9-16/h5-6,10,12-14,16H,1-4,7-9,11H2/t13-,14+,16-. The van der Waals surface area contributed by atoms with Crippen molar-refractivity contribution in [3.8, 4) is 11.6 Å². The molecule has 3 atom stereocenters. The number of ether oxygens (including phenoxy) is 2. The summed E-state index contributed by atoms with van der Waals surface area (Å²) in [5, 5.41) is 0. The van der Waals surface area contributed by atoms with E-state index in [2.05, 4.69) is 4.98 Å². The lowest BCUT2D eigenvalue weighted by atomic mass is 9.87. The third-order valence-electron chi connectivity index (χ3n) is 5.02. The second-order valence-electron chi connectivity index (χ2n) is 6.84. The van der Waals surface area contributed by atoms with Gasteiger partial charge in [-0.15, -0.1) is 0 Å². The largest absolute Gasteiger partial charge is 0.493 e. The van der Waals surface area contributed by atoms with Crippen molar-refractivity contribution in [2.75, 3.05) is 6.61 Å². The zero-order valence-electron chi connectivity index (χ0n) is 12.0. The molecule has 0 spiro atoms. The average molecular weight is 273 g/mol. The van der Waals surface area contributed by atoms with E-state index in [9.17, 15) is 0 Å². The molecule has 4 rings (SSSR count). The molecule has 1 aromatic heterocycles. The number of nitrogens with zero attached hydrogens (tertiary/aromatic N) is 1. The smallest absolute Gasteiger partial charge is 0.217 e. The first-order valence-electron chi connectivity index (χ1n) is 8.10. The first-order valence-corrected chi connectivity index (χ1v) is 8.10. The monoisotopic (exact) mass is 273 g/mol. The van der Waals surface area contributed by atoms with Crippen LogP contribution in [0.1, 0.15) is 44.9 Å². The predicted molar refractivity (Wildman–Crippen MR) is 76.9 cm³/mol. The van der Waals surface area contributed by atoms with Crippen LogP contribution in [0.15, 0.2) is 18.3 Å². The van der Waals surface area contributed by atoms with Crippen LogP contribution in [-0.4, -0.2) is 17.7 Å². The minimum atomic E-state index is 0.368. The Balaban J connectivity index is 1.36. The normalized spacial score (nSPS) is 32.1. The summed E-state index contributed by atoms with van der Waals surface area (Å²) in [5.41, 5.74) is 0. The first-order chi connectivity index (χ1) is 9.85. The molecule has 0 saturated heterocycles. The number of hydrogen-bond acceptors (Lipinski definition) is 3. The second-order valence-corrected chi connectivity index (χ2v) is 6.84. The molecular formula is C17H23NO2. The summed E-state index contributed by atoms with van der Waals surface area (Å²) in [6, 6.07) is 3.89. The minimum absolute atomic E-state index is 0.368. The van der Waals surface area contributed by atoms with Gasteiger partial charge in [-0.25, -0.2) is 4.98 Å². The molecule has 20 heavy (non-hydrogen) atoms. The van der Waals surface area contributed by atoms with Crippen LogP contribution in [0, 0.1) is 17.8 Å². The van der Waals surface area contributed by atoms with E-state index in [0.29, 0.717) is 6.10 Å². The summed E-state index contributed by atoms with van der Waals surface area (Å²) in [5.74, 6) is 4.22. The Bertz CT molecular complexity index is 460. The molecule has 0 N–H and O–H groups in total. The maximum Gasteiger partial charge on any atom is 0.217 e. The van der Waals surface area contributed by atoms with Crippen LogP contribution in [0.3, 0.4) is 0 Å². The van der Waals surface area contributed by atoms with Crippen LogP contribution in [0.25, 0.3) is 0 Å². The highest BCUT2D eigenvalue weighted by Gasteiger charge is 2.35. The number of pyridine rings is 1. The zero-order valence-corrected chi connectivity index (χ0v) is 12.0. The van der Waals surface area contributed by atoms with Gasteiger partial charge in [-0.2, -0.15) is 0 Å². The van der Waals surface area contributed by atoms with Crippen LogP contribution in [0.5, 0.6) is 11.6 Å².